The highest BCUT2D eigenvalue weighted by Gasteiger charge is 2.21. The van der Waals surface area contributed by atoms with Gasteiger partial charge in [-0.15, -0.1) is 0 Å². The van der Waals surface area contributed by atoms with E-state index in [0.717, 1.165) is 58.7 Å². The number of morpholine rings is 1. The van der Waals surface area contributed by atoms with Gasteiger partial charge < -0.3 is 4.74 Å². The molecule has 1 aliphatic heterocycles. The maximum Gasteiger partial charge on any atom is 0.103 e. The van der Waals surface area contributed by atoms with Crippen LogP contribution >= 0.6 is 0 Å². The fourth-order valence-corrected chi connectivity index (χ4v) is 2.22. The Labute approximate surface area is 111 Å². The summed E-state index contributed by atoms with van der Waals surface area (Å²) in [6.07, 6.45) is 4.29. The van der Waals surface area contributed by atoms with Gasteiger partial charge in [-0.05, 0) is 45.7 Å². The molecule has 4 heteroatoms. The second-order valence-corrected chi connectivity index (χ2v) is 5.28. The minimum atomic E-state index is -0.346. The summed E-state index contributed by atoms with van der Waals surface area (Å²) >= 11 is 0. The van der Waals surface area contributed by atoms with Gasteiger partial charge in [-0.1, -0.05) is 6.92 Å². The van der Waals surface area contributed by atoms with Crippen molar-refractivity contribution in [1.82, 2.24) is 10.2 Å². The Bertz CT molecular complexity index is 258. The largest absolute Gasteiger partial charge is 0.379 e. The maximum atomic E-state index is 9.22. The number of unbranched alkanes of at least 4 members (excludes halogenated alkanes) is 1. The zero-order chi connectivity index (χ0) is 13.3. The lowest BCUT2D eigenvalue weighted by Crippen LogP contribution is -2.41. The molecule has 0 spiro atoms. The van der Waals surface area contributed by atoms with Crippen molar-refractivity contribution in [3.63, 3.8) is 0 Å². The summed E-state index contributed by atoms with van der Waals surface area (Å²) in [6, 6.07) is 2.41. The number of nitrogens with zero attached hydrogens (tertiary/aromatic N) is 2. The Kier molecular flexibility index (Phi) is 7.26. The molecule has 0 saturated carbocycles. The molecule has 1 saturated heterocycles. The van der Waals surface area contributed by atoms with E-state index in [1.54, 1.807) is 0 Å². The summed E-state index contributed by atoms with van der Waals surface area (Å²) in [6.45, 7) is 10.1. The van der Waals surface area contributed by atoms with Crippen LogP contribution in [0.3, 0.4) is 0 Å². The predicted molar refractivity (Wildman–Crippen MR) is 73.4 cm³/mol. The Morgan fingerprint density at radius 3 is 2.67 bits per heavy atom. The molecule has 0 aliphatic carbocycles. The highest BCUT2D eigenvalue weighted by Crippen LogP contribution is 2.13. The minimum Gasteiger partial charge on any atom is -0.379 e. The molecule has 18 heavy (non-hydrogen) atoms. The van der Waals surface area contributed by atoms with Crippen LogP contribution in [0.5, 0.6) is 0 Å². The molecule has 1 heterocycles. The quantitative estimate of drug-likeness (QED) is 0.670. The number of nitriles is 1. The van der Waals surface area contributed by atoms with E-state index in [4.69, 9.17) is 4.74 Å². The second-order valence-electron chi connectivity index (χ2n) is 5.28. The zero-order valence-electron chi connectivity index (χ0n) is 11.9. The van der Waals surface area contributed by atoms with Crippen molar-refractivity contribution in [2.45, 2.75) is 45.1 Å². The van der Waals surface area contributed by atoms with E-state index in [1.807, 2.05) is 6.92 Å². The zero-order valence-corrected chi connectivity index (χ0v) is 11.9. The summed E-state index contributed by atoms with van der Waals surface area (Å²) in [5, 5.41) is 12.6. The van der Waals surface area contributed by atoms with E-state index < -0.39 is 0 Å². The Morgan fingerprint density at radius 1 is 1.33 bits per heavy atom. The van der Waals surface area contributed by atoms with Gasteiger partial charge in [0.1, 0.15) is 5.54 Å². The van der Waals surface area contributed by atoms with Gasteiger partial charge in [0.15, 0.2) is 0 Å². The second kappa shape index (κ2) is 8.47. The van der Waals surface area contributed by atoms with E-state index in [-0.39, 0.29) is 5.54 Å². The first-order valence-electron chi connectivity index (χ1n) is 7.16. The summed E-state index contributed by atoms with van der Waals surface area (Å²) in [5.41, 5.74) is -0.346. The number of hydrogen-bond donors (Lipinski definition) is 1. The fraction of sp³-hybridized carbons (Fsp3) is 0.929. The van der Waals surface area contributed by atoms with Gasteiger partial charge in [0, 0.05) is 13.1 Å². The average molecular weight is 253 g/mol. The standard InChI is InChI=1S/C14H27N3O/c1-3-7-16-14(2,13-15)6-4-5-8-17-9-11-18-12-10-17/h16H,3-12H2,1-2H3. The lowest BCUT2D eigenvalue weighted by molar-refractivity contribution is 0.0370. The van der Waals surface area contributed by atoms with Crippen LogP contribution < -0.4 is 5.32 Å². The van der Waals surface area contributed by atoms with Crippen molar-refractivity contribution < 1.29 is 4.74 Å². The number of rotatable bonds is 8. The van der Waals surface area contributed by atoms with E-state index in [0.29, 0.717) is 0 Å². The maximum absolute atomic E-state index is 9.22. The molecule has 1 N–H and O–H groups in total. The molecular weight excluding hydrogens is 226 g/mol. The normalized spacial score (nSPS) is 20.3. The summed E-state index contributed by atoms with van der Waals surface area (Å²) in [4.78, 5) is 2.45. The van der Waals surface area contributed by atoms with Gasteiger partial charge in [0.05, 0.1) is 19.3 Å². The lowest BCUT2D eigenvalue weighted by atomic mass is 9.96. The monoisotopic (exact) mass is 253 g/mol. The van der Waals surface area contributed by atoms with E-state index >= 15 is 0 Å². The molecule has 1 rings (SSSR count). The number of nitrogens with one attached hydrogen (secondary N) is 1. The first-order valence-corrected chi connectivity index (χ1v) is 7.16. The van der Waals surface area contributed by atoms with Crippen molar-refractivity contribution in [3.8, 4) is 6.07 Å². The van der Waals surface area contributed by atoms with Crippen molar-refractivity contribution in [2.24, 2.45) is 0 Å². The molecule has 0 radical (unpaired) electrons. The van der Waals surface area contributed by atoms with Gasteiger partial charge in [-0.3, -0.25) is 10.2 Å². The van der Waals surface area contributed by atoms with Gasteiger partial charge in [0.25, 0.3) is 0 Å². The third kappa shape index (κ3) is 5.81. The van der Waals surface area contributed by atoms with E-state index in [2.05, 4.69) is 23.2 Å². The van der Waals surface area contributed by atoms with Gasteiger partial charge >= 0.3 is 0 Å². The van der Waals surface area contributed by atoms with Gasteiger partial charge in [-0.25, -0.2) is 0 Å². The molecule has 4 nitrogen and oxygen atoms in total. The lowest BCUT2D eigenvalue weighted by Gasteiger charge is -2.27. The molecule has 1 aliphatic rings. The summed E-state index contributed by atoms with van der Waals surface area (Å²) in [5.74, 6) is 0. The van der Waals surface area contributed by atoms with Crippen LogP contribution in [-0.2, 0) is 4.74 Å². The molecule has 1 atom stereocenters. The third-order valence-electron chi connectivity index (χ3n) is 3.52. The van der Waals surface area contributed by atoms with Crippen molar-refractivity contribution in [2.75, 3.05) is 39.4 Å². The predicted octanol–water partition coefficient (Wildman–Crippen LogP) is 1.77. The molecular formula is C14H27N3O. The summed E-state index contributed by atoms with van der Waals surface area (Å²) < 4.78 is 5.33. The molecule has 104 valence electrons. The van der Waals surface area contributed by atoms with Crippen LogP contribution in [0.2, 0.25) is 0 Å². The highest BCUT2D eigenvalue weighted by atomic mass is 16.5. The molecule has 0 aromatic rings. The van der Waals surface area contributed by atoms with Crippen molar-refractivity contribution in [1.29, 1.82) is 5.26 Å². The van der Waals surface area contributed by atoms with Gasteiger partial charge in [-0.2, -0.15) is 5.26 Å². The Balaban J connectivity index is 2.13. The third-order valence-corrected chi connectivity index (χ3v) is 3.52. The topological polar surface area (TPSA) is 48.3 Å². The Hall–Kier alpha value is -0.630. The van der Waals surface area contributed by atoms with Crippen LogP contribution in [0.1, 0.15) is 39.5 Å². The van der Waals surface area contributed by atoms with Crippen LogP contribution in [-0.4, -0.2) is 49.8 Å². The molecule has 0 aromatic heterocycles. The van der Waals surface area contributed by atoms with Crippen LogP contribution in [0.25, 0.3) is 0 Å². The number of ether oxygens (including phenoxy) is 1. The van der Waals surface area contributed by atoms with Crippen molar-refractivity contribution >= 4 is 0 Å². The summed E-state index contributed by atoms with van der Waals surface area (Å²) in [7, 11) is 0. The van der Waals surface area contributed by atoms with E-state index in [9.17, 15) is 5.26 Å². The first kappa shape index (κ1) is 15.4. The first-order chi connectivity index (χ1) is 8.70. The molecule has 0 aromatic carbocycles. The smallest absolute Gasteiger partial charge is 0.103 e. The van der Waals surface area contributed by atoms with Crippen molar-refractivity contribution in [3.05, 3.63) is 0 Å². The fourth-order valence-electron chi connectivity index (χ4n) is 2.22. The molecule has 0 amide bonds. The minimum absolute atomic E-state index is 0.346. The van der Waals surface area contributed by atoms with Crippen LogP contribution in [0.15, 0.2) is 0 Å². The molecule has 0 bridgehead atoms. The van der Waals surface area contributed by atoms with Gasteiger partial charge in [0.2, 0.25) is 0 Å². The molecule has 1 fully saturated rings. The SMILES string of the molecule is CCCNC(C)(C#N)CCCCN1CCOCC1. The van der Waals surface area contributed by atoms with Crippen LogP contribution in [0, 0.1) is 11.3 Å². The average Bonchev–Trinajstić information content (AvgIpc) is 2.43. The van der Waals surface area contributed by atoms with Crippen LogP contribution in [0.4, 0.5) is 0 Å². The number of hydrogen-bond acceptors (Lipinski definition) is 4. The van der Waals surface area contributed by atoms with E-state index in [1.165, 1.54) is 6.42 Å². The highest BCUT2D eigenvalue weighted by molar-refractivity contribution is 5.03. The Morgan fingerprint density at radius 2 is 2.06 bits per heavy atom. The molecule has 1 unspecified atom stereocenters.